The second kappa shape index (κ2) is 6.96. The van der Waals surface area contributed by atoms with E-state index in [-0.39, 0.29) is 12.6 Å². The molecule has 22 heavy (non-hydrogen) atoms. The van der Waals surface area contributed by atoms with Crippen molar-refractivity contribution >= 4 is 23.5 Å². The highest BCUT2D eigenvalue weighted by Crippen LogP contribution is 2.31. The number of allylic oxidation sites excluding steroid dienone is 1. The quantitative estimate of drug-likeness (QED) is 0.507. The van der Waals surface area contributed by atoms with Crippen LogP contribution in [0.2, 0.25) is 5.02 Å². The van der Waals surface area contributed by atoms with Gasteiger partial charge in [-0.25, -0.2) is 9.79 Å². The molecule has 0 saturated carbocycles. The molecule has 0 saturated heterocycles. The van der Waals surface area contributed by atoms with Crippen molar-refractivity contribution in [3.05, 3.63) is 46.1 Å². The van der Waals surface area contributed by atoms with E-state index >= 15 is 0 Å². The highest BCUT2D eigenvalue weighted by molar-refractivity contribution is 6.30. The van der Waals surface area contributed by atoms with Crippen LogP contribution in [-0.4, -0.2) is 18.5 Å². The predicted molar refractivity (Wildman–Crippen MR) is 82.8 cm³/mol. The highest BCUT2D eigenvalue weighted by atomic mass is 35.5. The number of hydrogen-bond donors (Lipinski definition) is 2. The second-order valence-electron chi connectivity index (χ2n) is 4.55. The summed E-state index contributed by atoms with van der Waals surface area (Å²) >= 11 is 5.90. The molecule has 2 rings (SSSR count). The van der Waals surface area contributed by atoms with E-state index < -0.39 is 12.0 Å². The molecule has 7 heteroatoms. The molecule has 0 radical (unpaired) electrons. The van der Waals surface area contributed by atoms with Gasteiger partial charge in [0, 0.05) is 10.7 Å². The van der Waals surface area contributed by atoms with Crippen molar-refractivity contribution < 1.29 is 9.53 Å². The van der Waals surface area contributed by atoms with E-state index in [0.717, 1.165) is 5.56 Å². The molecule has 6 nitrogen and oxygen atoms in total. The van der Waals surface area contributed by atoms with Crippen LogP contribution >= 0.6 is 11.6 Å². The Labute approximate surface area is 133 Å². The molecule has 1 aromatic rings. The third kappa shape index (κ3) is 3.38. The number of halogens is 1. The molecule has 0 aromatic heterocycles. The summed E-state index contributed by atoms with van der Waals surface area (Å²) in [6.07, 6.45) is 1.81. The van der Waals surface area contributed by atoms with Crippen molar-refractivity contribution in [2.75, 3.05) is 6.61 Å². The molecule has 1 aliphatic heterocycles. The second-order valence-corrected chi connectivity index (χ2v) is 4.99. The molecule has 0 amide bonds. The van der Waals surface area contributed by atoms with Gasteiger partial charge in [-0.15, -0.1) is 0 Å². The summed E-state index contributed by atoms with van der Waals surface area (Å²) in [5, 5.41) is 14.7. The van der Waals surface area contributed by atoms with Gasteiger partial charge in [0.25, 0.3) is 0 Å². The zero-order chi connectivity index (χ0) is 16.1. The van der Waals surface area contributed by atoms with Crippen molar-refractivity contribution in [2.45, 2.75) is 19.9 Å². The van der Waals surface area contributed by atoms with Crippen molar-refractivity contribution in [3.8, 4) is 6.19 Å². The molecule has 1 heterocycles. The topological polar surface area (TPSA) is 86.5 Å². The number of rotatable bonds is 3. The maximum Gasteiger partial charge on any atom is 0.338 e. The van der Waals surface area contributed by atoms with Crippen molar-refractivity contribution in [2.24, 2.45) is 4.99 Å². The number of guanidine groups is 1. The molecule has 114 valence electrons. The smallest absolute Gasteiger partial charge is 0.338 e. The van der Waals surface area contributed by atoms with Gasteiger partial charge in [0.2, 0.25) is 5.96 Å². The van der Waals surface area contributed by atoms with Crippen LogP contribution in [0.4, 0.5) is 0 Å². The summed E-state index contributed by atoms with van der Waals surface area (Å²) in [6.45, 7) is 3.76. The molecule has 2 N–H and O–H groups in total. The largest absolute Gasteiger partial charge is 0.463 e. The number of esters is 1. The average Bonchev–Trinajstić information content (AvgIpc) is 2.48. The van der Waals surface area contributed by atoms with Crippen LogP contribution in [0.15, 0.2) is 40.5 Å². The molecule has 0 bridgehead atoms. The zero-order valence-electron chi connectivity index (χ0n) is 12.2. The first-order valence-electron chi connectivity index (χ1n) is 6.70. The van der Waals surface area contributed by atoms with E-state index in [1.54, 1.807) is 44.3 Å². The Bertz CT molecular complexity index is 674. The summed E-state index contributed by atoms with van der Waals surface area (Å²) in [4.78, 5) is 16.6. The molecule has 1 aromatic carbocycles. The van der Waals surface area contributed by atoms with Gasteiger partial charge in [0.05, 0.1) is 12.2 Å². The monoisotopic (exact) mass is 318 g/mol. The average molecular weight is 319 g/mol. The van der Waals surface area contributed by atoms with Crippen molar-refractivity contribution in [1.29, 1.82) is 5.26 Å². The van der Waals surface area contributed by atoms with E-state index in [9.17, 15) is 4.79 Å². The molecular weight excluding hydrogens is 304 g/mol. The number of carbonyl (C=O) groups excluding carboxylic acids is 1. The lowest BCUT2D eigenvalue weighted by Gasteiger charge is -2.25. The predicted octanol–water partition coefficient (Wildman–Crippen LogP) is 2.25. The van der Waals surface area contributed by atoms with E-state index in [1.807, 2.05) is 0 Å². The minimum atomic E-state index is -0.562. The lowest BCUT2D eigenvalue weighted by molar-refractivity contribution is -0.138. The van der Waals surface area contributed by atoms with E-state index in [0.29, 0.717) is 16.3 Å². The number of carbonyl (C=O) groups is 1. The van der Waals surface area contributed by atoms with Crippen molar-refractivity contribution in [3.63, 3.8) is 0 Å². The van der Waals surface area contributed by atoms with Gasteiger partial charge in [-0.2, -0.15) is 5.26 Å². The number of benzene rings is 1. The van der Waals surface area contributed by atoms with Gasteiger partial charge >= 0.3 is 5.97 Å². The minimum Gasteiger partial charge on any atom is -0.463 e. The first-order chi connectivity index (χ1) is 10.6. The Morgan fingerprint density at radius 2 is 2.18 bits per heavy atom. The molecule has 0 fully saturated rings. The van der Waals surface area contributed by atoms with Crippen LogP contribution < -0.4 is 10.6 Å². The summed E-state index contributed by atoms with van der Waals surface area (Å²) in [7, 11) is 0. The Balaban J connectivity index is 2.45. The van der Waals surface area contributed by atoms with E-state index in [1.165, 1.54) is 0 Å². The summed E-state index contributed by atoms with van der Waals surface area (Å²) in [6, 6.07) is 6.47. The molecule has 1 atom stereocenters. The fourth-order valence-electron chi connectivity index (χ4n) is 2.15. The van der Waals surface area contributed by atoms with Crippen LogP contribution in [0.3, 0.4) is 0 Å². The van der Waals surface area contributed by atoms with Gasteiger partial charge in [-0.1, -0.05) is 23.7 Å². The molecule has 0 spiro atoms. The fraction of sp³-hybridized carbons (Fsp3) is 0.267. The molecular formula is C15H15ClN4O2. The zero-order valence-corrected chi connectivity index (χ0v) is 12.9. The Morgan fingerprint density at radius 3 is 2.77 bits per heavy atom. The number of nitriles is 1. The maximum absolute atomic E-state index is 12.2. The Hall–Kier alpha value is -2.52. The number of ether oxygens (including phenoxy) is 1. The van der Waals surface area contributed by atoms with E-state index in [4.69, 9.17) is 21.6 Å². The van der Waals surface area contributed by atoms with Crippen LogP contribution in [0, 0.1) is 11.5 Å². The standard InChI is InChI=1S/C15H15ClN4O2/c1-3-22-14(21)12-9(2)19-15(18-8-17)20-13(12)10-4-6-11(16)7-5-10/h4-7,13H,3H2,1-2H3,(H2,18,19,20). The number of aliphatic imine (C=N–C) groups is 1. The molecule has 1 unspecified atom stereocenters. The maximum atomic E-state index is 12.2. The normalized spacial score (nSPS) is 17.2. The first-order valence-corrected chi connectivity index (χ1v) is 7.08. The van der Waals surface area contributed by atoms with E-state index in [2.05, 4.69) is 15.6 Å². The molecule has 0 aliphatic carbocycles. The lowest BCUT2D eigenvalue weighted by Crippen LogP contribution is -2.39. The van der Waals surface area contributed by atoms with Gasteiger partial charge in [0.1, 0.15) is 6.04 Å². The van der Waals surface area contributed by atoms with Crippen LogP contribution in [-0.2, 0) is 9.53 Å². The molecule has 1 aliphatic rings. The summed E-state index contributed by atoms with van der Waals surface area (Å²) in [5.41, 5.74) is 1.78. The Morgan fingerprint density at radius 1 is 1.50 bits per heavy atom. The highest BCUT2D eigenvalue weighted by Gasteiger charge is 2.30. The number of nitrogens with one attached hydrogen (secondary N) is 2. The minimum absolute atomic E-state index is 0.274. The van der Waals surface area contributed by atoms with Crippen LogP contribution in [0.25, 0.3) is 0 Å². The SMILES string of the molecule is CCOC(=O)C1=C(C)NC(NC#N)=NC1c1ccc(Cl)cc1. The third-order valence-corrected chi connectivity index (χ3v) is 3.35. The van der Waals surface area contributed by atoms with Crippen LogP contribution in [0.5, 0.6) is 0 Å². The third-order valence-electron chi connectivity index (χ3n) is 3.10. The Kier molecular flexibility index (Phi) is 5.02. The summed E-state index contributed by atoms with van der Waals surface area (Å²) in [5.74, 6) is -0.153. The fourth-order valence-corrected chi connectivity index (χ4v) is 2.28. The van der Waals surface area contributed by atoms with Gasteiger partial charge < -0.3 is 10.1 Å². The number of hydrogen-bond acceptors (Lipinski definition) is 6. The van der Waals surface area contributed by atoms with Crippen LogP contribution in [0.1, 0.15) is 25.5 Å². The summed E-state index contributed by atoms with van der Waals surface area (Å²) < 4.78 is 5.10. The van der Waals surface area contributed by atoms with Gasteiger partial charge in [-0.3, -0.25) is 5.32 Å². The number of nitrogens with zero attached hydrogens (tertiary/aromatic N) is 2. The first kappa shape index (κ1) is 15.9. The van der Waals surface area contributed by atoms with Crippen molar-refractivity contribution in [1.82, 2.24) is 10.6 Å². The lowest BCUT2D eigenvalue weighted by atomic mass is 9.96. The van der Waals surface area contributed by atoms with Gasteiger partial charge in [0.15, 0.2) is 6.19 Å². The van der Waals surface area contributed by atoms with Gasteiger partial charge in [-0.05, 0) is 31.5 Å².